The summed E-state index contributed by atoms with van der Waals surface area (Å²) in [6.07, 6.45) is 0.128. The van der Waals surface area contributed by atoms with Crippen molar-refractivity contribution in [3.8, 4) is 11.4 Å². The van der Waals surface area contributed by atoms with Gasteiger partial charge in [-0.15, -0.1) is 0 Å². The molecule has 3 aromatic carbocycles. The summed E-state index contributed by atoms with van der Waals surface area (Å²) in [5.74, 6) is -1.12. The number of carbonyl (C=O) groups excluding carboxylic acids is 3. The molecule has 11 nitrogen and oxygen atoms in total. The number of aromatic nitrogens is 2. The average molecular weight is 711 g/mol. The lowest BCUT2D eigenvalue weighted by Crippen LogP contribution is -2.44. The Morgan fingerprint density at radius 1 is 0.878 bits per heavy atom. The summed E-state index contributed by atoms with van der Waals surface area (Å²) in [6, 6.07) is 18.3. The lowest BCUT2D eigenvalue weighted by molar-refractivity contribution is -0.159. The number of likely N-dealkylation sites (N-methyl/N-ethyl adjacent to an activating group) is 2. The molecule has 0 N–H and O–H groups in total. The molecule has 0 aliphatic carbocycles. The van der Waals surface area contributed by atoms with Crippen molar-refractivity contribution in [2.75, 3.05) is 54.0 Å². The number of carbonyl (C=O) groups is 3. The highest BCUT2D eigenvalue weighted by molar-refractivity contribution is 6.42. The molecule has 0 saturated carbocycles. The number of hydrogen-bond donors (Lipinski definition) is 0. The van der Waals surface area contributed by atoms with Crippen molar-refractivity contribution in [1.29, 1.82) is 0 Å². The maximum absolute atomic E-state index is 14.4. The first kappa shape index (κ1) is 37.4. The molecule has 0 spiro atoms. The normalized spacial score (nSPS) is 11.8. The molecule has 1 unspecified atom stereocenters. The molecule has 49 heavy (non-hydrogen) atoms. The Morgan fingerprint density at radius 2 is 1.59 bits per heavy atom. The summed E-state index contributed by atoms with van der Waals surface area (Å²) < 4.78 is 12.1. The number of nitrogens with zero attached hydrogens (tertiary/aromatic N) is 5. The lowest BCUT2D eigenvalue weighted by Gasteiger charge is -2.35. The van der Waals surface area contributed by atoms with Gasteiger partial charge in [0.25, 0.3) is 5.56 Å². The minimum Gasteiger partial charge on any atom is -0.494 e. The van der Waals surface area contributed by atoms with Crippen LogP contribution < -0.4 is 10.3 Å². The van der Waals surface area contributed by atoms with Crippen LogP contribution in [-0.4, -0.2) is 96.0 Å². The Balaban J connectivity index is 1.91. The number of fused-ring (bicyclic) bond motifs is 1. The predicted octanol–water partition coefficient (Wildman–Crippen LogP) is 5.18. The monoisotopic (exact) mass is 709 g/mol. The molecule has 2 amide bonds. The van der Waals surface area contributed by atoms with E-state index in [2.05, 4.69) is 0 Å². The fourth-order valence-corrected chi connectivity index (χ4v) is 5.68. The Labute approximate surface area is 295 Å². The first-order valence-corrected chi connectivity index (χ1v) is 16.8. The maximum Gasteiger partial charge on any atom is 0.396 e. The number of para-hydroxylation sites is 1. The molecule has 260 valence electrons. The minimum atomic E-state index is -0.975. The molecule has 1 atom stereocenters. The fraction of sp³-hybridized carbons (Fsp3) is 0.361. The van der Waals surface area contributed by atoms with Crippen LogP contribution in [0.5, 0.6) is 5.75 Å². The second-order valence-electron chi connectivity index (χ2n) is 11.6. The van der Waals surface area contributed by atoms with E-state index in [-0.39, 0.29) is 44.0 Å². The standard InChI is InChI=1S/C36H41Cl2N5O6/c1-6-48-26-15-13-25(14-16-26)43-33(39-30-11-9-8-10-27(30)34(43)45)31(18-19-41(5)35(46)36(47)49-7-2)42(21-20-40(3)4)32(44)23-24-12-17-28(37)29(38)22-24/h8-17,22,31H,6-7,18-21,23H2,1-5H3. The molecule has 0 radical (unpaired) electrons. The number of amides is 2. The molecule has 0 bridgehead atoms. The number of benzene rings is 3. The van der Waals surface area contributed by atoms with Gasteiger partial charge >= 0.3 is 11.9 Å². The Bertz CT molecular complexity index is 1850. The van der Waals surface area contributed by atoms with Crippen molar-refractivity contribution in [2.45, 2.75) is 32.7 Å². The second kappa shape index (κ2) is 17.3. The highest BCUT2D eigenvalue weighted by atomic mass is 35.5. The zero-order valence-electron chi connectivity index (χ0n) is 28.3. The van der Waals surface area contributed by atoms with Gasteiger partial charge in [0.2, 0.25) is 5.91 Å². The first-order valence-electron chi connectivity index (χ1n) is 16.0. The molecule has 4 aromatic rings. The molecule has 13 heteroatoms. The van der Waals surface area contributed by atoms with E-state index < -0.39 is 17.9 Å². The van der Waals surface area contributed by atoms with Crippen LogP contribution >= 0.6 is 23.2 Å². The maximum atomic E-state index is 14.4. The number of rotatable bonds is 14. The molecular weight excluding hydrogens is 669 g/mol. The summed E-state index contributed by atoms with van der Waals surface area (Å²) in [6.45, 7) is 4.83. The van der Waals surface area contributed by atoms with Crippen LogP contribution in [0.25, 0.3) is 16.6 Å². The summed E-state index contributed by atoms with van der Waals surface area (Å²) in [5.41, 5.74) is 1.30. The number of ether oxygens (including phenoxy) is 2. The third-order valence-corrected chi connectivity index (χ3v) is 8.60. The van der Waals surface area contributed by atoms with Gasteiger partial charge in [-0.2, -0.15) is 0 Å². The Kier molecular flexibility index (Phi) is 13.2. The molecule has 0 saturated heterocycles. The summed E-state index contributed by atoms with van der Waals surface area (Å²) >= 11 is 12.4. The molecular formula is C36H41Cl2N5O6. The van der Waals surface area contributed by atoms with Crippen LogP contribution in [0.1, 0.15) is 37.7 Å². The number of esters is 1. The highest BCUT2D eigenvalue weighted by Gasteiger charge is 2.32. The van der Waals surface area contributed by atoms with Gasteiger partial charge in [0.05, 0.1) is 52.3 Å². The predicted molar refractivity (Wildman–Crippen MR) is 191 cm³/mol. The third kappa shape index (κ3) is 9.38. The van der Waals surface area contributed by atoms with Gasteiger partial charge in [0.15, 0.2) is 0 Å². The zero-order valence-corrected chi connectivity index (χ0v) is 29.8. The van der Waals surface area contributed by atoms with Gasteiger partial charge < -0.3 is 24.2 Å². The molecule has 1 heterocycles. The molecule has 0 aliphatic rings. The van der Waals surface area contributed by atoms with Gasteiger partial charge in [-0.3, -0.25) is 19.0 Å². The van der Waals surface area contributed by atoms with E-state index in [1.807, 2.05) is 25.9 Å². The van der Waals surface area contributed by atoms with E-state index in [0.29, 0.717) is 56.9 Å². The van der Waals surface area contributed by atoms with Crippen LogP contribution in [-0.2, 0) is 25.5 Å². The Morgan fingerprint density at radius 3 is 2.24 bits per heavy atom. The fourth-order valence-electron chi connectivity index (χ4n) is 5.36. The zero-order chi connectivity index (χ0) is 35.7. The van der Waals surface area contributed by atoms with Crippen LogP contribution in [0.2, 0.25) is 10.0 Å². The second-order valence-corrected chi connectivity index (χ2v) is 12.4. The summed E-state index contributed by atoms with van der Waals surface area (Å²) in [5, 5.41) is 1.09. The van der Waals surface area contributed by atoms with Gasteiger partial charge in [-0.05, 0) is 88.5 Å². The van der Waals surface area contributed by atoms with Crippen molar-refractivity contribution >= 4 is 51.9 Å². The van der Waals surface area contributed by atoms with Crippen LogP contribution in [0.15, 0.2) is 71.5 Å². The van der Waals surface area contributed by atoms with Crippen molar-refractivity contribution in [3.05, 3.63) is 98.5 Å². The smallest absolute Gasteiger partial charge is 0.396 e. The van der Waals surface area contributed by atoms with Gasteiger partial charge in [-0.1, -0.05) is 41.4 Å². The number of hydrogen-bond acceptors (Lipinski definition) is 8. The van der Waals surface area contributed by atoms with Crippen molar-refractivity contribution < 1.29 is 23.9 Å². The minimum absolute atomic E-state index is 0.0146. The highest BCUT2D eigenvalue weighted by Crippen LogP contribution is 2.29. The van der Waals surface area contributed by atoms with E-state index in [1.165, 1.54) is 16.5 Å². The SMILES string of the molecule is CCOC(=O)C(=O)N(C)CCC(c1nc2ccccc2c(=O)n1-c1ccc(OCC)cc1)N(CCN(C)C)C(=O)Cc1ccc(Cl)c(Cl)c1. The van der Waals surface area contributed by atoms with E-state index in [9.17, 15) is 19.2 Å². The van der Waals surface area contributed by atoms with Gasteiger partial charge in [0, 0.05) is 26.7 Å². The molecule has 4 rings (SSSR count). The largest absolute Gasteiger partial charge is 0.494 e. The van der Waals surface area contributed by atoms with E-state index in [4.69, 9.17) is 37.7 Å². The summed E-state index contributed by atoms with van der Waals surface area (Å²) in [7, 11) is 5.28. The lowest BCUT2D eigenvalue weighted by atomic mass is 10.1. The van der Waals surface area contributed by atoms with Crippen LogP contribution in [0.3, 0.4) is 0 Å². The summed E-state index contributed by atoms with van der Waals surface area (Å²) in [4.78, 5) is 63.7. The van der Waals surface area contributed by atoms with Crippen molar-refractivity contribution in [2.24, 2.45) is 0 Å². The topological polar surface area (TPSA) is 114 Å². The van der Waals surface area contributed by atoms with Crippen LogP contribution in [0, 0.1) is 0 Å². The van der Waals surface area contributed by atoms with Gasteiger partial charge in [0.1, 0.15) is 11.6 Å². The quantitative estimate of drug-likeness (QED) is 0.130. The molecule has 0 aliphatic heterocycles. The van der Waals surface area contributed by atoms with E-state index in [1.54, 1.807) is 78.6 Å². The molecule has 1 aromatic heterocycles. The van der Waals surface area contributed by atoms with Crippen molar-refractivity contribution in [3.63, 3.8) is 0 Å². The van der Waals surface area contributed by atoms with E-state index in [0.717, 1.165) is 0 Å². The Hall–Kier alpha value is -4.45. The van der Waals surface area contributed by atoms with Gasteiger partial charge in [-0.25, -0.2) is 9.78 Å². The van der Waals surface area contributed by atoms with Crippen molar-refractivity contribution in [1.82, 2.24) is 24.3 Å². The van der Waals surface area contributed by atoms with E-state index >= 15 is 0 Å². The first-order chi connectivity index (χ1) is 23.4. The third-order valence-electron chi connectivity index (χ3n) is 7.86. The average Bonchev–Trinajstić information content (AvgIpc) is 3.08. The number of halogens is 2. The molecule has 0 fully saturated rings. The van der Waals surface area contributed by atoms with Crippen LogP contribution in [0.4, 0.5) is 0 Å².